The Bertz CT molecular complexity index is 881. The van der Waals surface area contributed by atoms with Crippen LogP contribution in [0.15, 0.2) is 35.5 Å². The Morgan fingerprint density at radius 1 is 1.18 bits per heavy atom. The van der Waals surface area contributed by atoms with Gasteiger partial charge in [-0.3, -0.25) is 9.79 Å². The molecule has 1 unspecified atom stereocenters. The van der Waals surface area contributed by atoms with Gasteiger partial charge in [0, 0.05) is 31.4 Å². The van der Waals surface area contributed by atoms with Gasteiger partial charge >= 0.3 is 0 Å². The SMILES string of the molecule is CCc1c(C(=O)N2CCN(C3=NCC(C)S3)CC2)cnn1-c1ccc(C)cc1. The highest BCUT2D eigenvalue weighted by atomic mass is 32.2. The minimum atomic E-state index is 0.0873. The molecule has 0 spiro atoms. The first kappa shape index (κ1) is 19.1. The van der Waals surface area contributed by atoms with Crippen LogP contribution in [0.25, 0.3) is 5.69 Å². The highest BCUT2D eigenvalue weighted by molar-refractivity contribution is 8.14. The number of carbonyl (C=O) groups excluding carboxylic acids is 1. The van der Waals surface area contributed by atoms with Gasteiger partial charge in [0.05, 0.1) is 29.7 Å². The molecule has 1 aromatic heterocycles. The smallest absolute Gasteiger partial charge is 0.257 e. The molecule has 6 nitrogen and oxygen atoms in total. The van der Waals surface area contributed by atoms with Crippen molar-refractivity contribution in [1.82, 2.24) is 19.6 Å². The van der Waals surface area contributed by atoms with E-state index in [-0.39, 0.29) is 5.91 Å². The Kier molecular flexibility index (Phi) is 5.44. The number of aryl methyl sites for hydroxylation is 1. The van der Waals surface area contributed by atoms with E-state index in [1.807, 2.05) is 21.3 Å². The Morgan fingerprint density at radius 3 is 2.50 bits per heavy atom. The highest BCUT2D eigenvalue weighted by Crippen LogP contribution is 2.24. The Hall–Kier alpha value is -2.28. The fourth-order valence-electron chi connectivity index (χ4n) is 3.71. The van der Waals surface area contributed by atoms with Crippen molar-refractivity contribution in [2.24, 2.45) is 4.99 Å². The maximum atomic E-state index is 13.2. The Morgan fingerprint density at radius 2 is 1.89 bits per heavy atom. The van der Waals surface area contributed by atoms with Crippen molar-refractivity contribution in [3.8, 4) is 5.69 Å². The van der Waals surface area contributed by atoms with Crippen LogP contribution in [-0.2, 0) is 6.42 Å². The van der Waals surface area contributed by atoms with Gasteiger partial charge in [-0.15, -0.1) is 0 Å². The summed E-state index contributed by atoms with van der Waals surface area (Å²) >= 11 is 1.85. The van der Waals surface area contributed by atoms with Gasteiger partial charge < -0.3 is 9.80 Å². The predicted molar refractivity (Wildman–Crippen MR) is 115 cm³/mol. The van der Waals surface area contributed by atoms with Crippen LogP contribution >= 0.6 is 11.8 Å². The molecule has 0 N–H and O–H groups in total. The van der Waals surface area contributed by atoms with Gasteiger partial charge in [0.25, 0.3) is 5.91 Å². The molecule has 2 aromatic rings. The summed E-state index contributed by atoms with van der Waals surface area (Å²) in [5, 5.41) is 6.23. The van der Waals surface area contributed by atoms with Gasteiger partial charge in [-0.05, 0) is 25.5 Å². The molecular weight excluding hydrogens is 370 g/mol. The number of benzene rings is 1. The van der Waals surface area contributed by atoms with E-state index in [2.05, 4.69) is 60.0 Å². The molecule has 148 valence electrons. The summed E-state index contributed by atoms with van der Waals surface area (Å²) in [5.74, 6) is 0.0873. The van der Waals surface area contributed by atoms with Crippen molar-refractivity contribution in [3.05, 3.63) is 47.3 Å². The van der Waals surface area contributed by atoms with Crippen molar-refractivity contribution >= 4 is 22.8 Å². The average molecular weight is 398 g/mol. The zero-order valence-corrected chi connectivity index (χ0v) is 17.6. The number of carbonyl (C=O) groups is 1. The van der Waals surface area contributed by atoms with Crippen LogP contribution in [-0.4, -0.2) is 68.6 Å². The molecule has 0 bridgehead atoms. The summed E-state index contributed by atoms with van der Waals surface area (Å²) in [6.07, 6.45) is 2.49. The first-order chi connectivity index (χ1) is 13.6. The topological polar surface area (TPSA) is 53.7 Å². The van der Waals surface area contributed by atoms with Gasteiger partial charge in [-0.1, -0.05) is 43.3 Å². The van der Waals surface area contributed by atoms with Crippen LogP contribution in [0.4, 0.5) is 0 Å². The second kappa shape index (κ2) is 7.99. The van der Waals surface area contributed by atoms with Gasteiger partial charge in [0.2, 0.25) is 0 Å². The molecule has 2 aliphatic rings. The van der Waals surface area contributed by atoms with Gasteiger partial charge in [0.1, 0.15) is 0 Å². The van der Waals surface area contributed by atoms with E-state index < -0.39 is 0 Å². The first-order valence-corrected chi connectivity index (χ1v) is 10.8. The lowest BCUT2D eigenvalue weighted by Crippen LogP contribution is -2.50. The van der Waals surface area contributed by atoms with Gasteiger partial charge in [-0.2, -0.15) is 5.10 Å². The first-order valence-electron chi connectivity index (χ1n) is 9.96. The summed E-state index contributed by atoms with van der Waals surface area (Å²) in [7, 11) is 0. The normalized spacial score (nSPS) is 19.8. The molecule has 1 atom stereocenters. The van der Waals surface area contributed by atoms with Crippen LogP contribution in [0.5, 0.6) is 0 Å². The van der Waals surface area contributed by atoms with Crippen LogP contribution in [0.2, 0.25) is 0 Å². The fraction of sp³-hybridized carbons (Fsp3) is 0.476. The Balaban J connectivity index is 1.47. The third-order valence-electron chi connectivity index (χ3n) is 5.34. The molecule has 1 amide bonds. The standard InChI is InChI=1S/C21H27N5OS/c1-4-19-18(14-23-26(19)17-7-5-15(2)6-8-17)20(27)24-9-11-25(12-10-24)21-22-13-16(3)28-21/h5-8,14,16H,4,9-13H2,1-3H3. The number of piperazine rings is 1. The quantitative estimate of drug-likeness (QED) is 0.799. The summed E-state index contributed by atoms with van der Waals surface area (Å²) in [6, 6.07) is 8.24. The largest absolute Gasteiger partial charge is 0.348 e. The molecule has 4 rings (SSSR count). The molecular formula is C21H27N5OS. The van der Waals surface area contributed by atoms with Crippen molar-refractivity contribution in [3.63, 3.8) is 0 Å². The van der Waals surface area contributed by atoms with Crippen LogP contribution in [0.1, 0.15) is 35.5 Å². The fourth-order valence-corrected chi connectivity index (χ4v) is 4.70. The van der Waals surface area contributed by atoms with Crippen LogP contribution in [0, 0.1) is 6.92 Å². The lowest BCUT2D eigenvalue weighted by atomic mass is 10.1. The number of thioether (sulfide) groups is 1. The van der Waals surface area contributed by atoms with E-state index in [9.17, 15) is 4.79 Å². The number of aromatic nitrogens is 2. The molecule has 28 heavy (non-hydrogen) atoms. The molecule has 1 saturated heterocycles. The van der Waals surface area contributed by atoms with E-state index in [1.54, 1.807) is 6.20 Å². The zero-order chi connectivity index (χ0) is 19.7. The van der Waals surface area contributed by atoms with E-state index in [4.69, 9.17) is 0 Å². The molecule has 7 heteroatoms. The third-order valence-corrected chi connectivity index (χ3v) is 6.49. The summed E-state index contributed by atoms with van der Waals surface area (Å²) in [5.41, 5.74) is 3.90. The minimum Gasteiger partial charge on any atom is -0.348 e. The summed E-state index contributed by atoms with van der Waals surface area (Å²) < 4.78 is 1.90. The second-order valence-electron chi connectivity index (χ2n) is 7.44. The van der Waals surface area contributed by atoms with E-state index in [1.165, 1.54) is 5.56 Å². The number of hydrogen-bond donors (Lipinski definition) is 0. The summed E-state index contributed by atoms with van der Waals surface area (Å²) in [6.45, 7) is 10.4. The average Bonchev–Trinajstić information content (AvgIpc) is 3.34. The van der Waals surface area contributed by atoms with Crippen molar-refractivity contribution in [2.45, 2.75) is 32.4 Å². The van der Waals surface area contributed by atoms with E-state index >= 15 is 0 Å². The number of hydrogen-bond acceptors (Lipinski definition) is 5. The van der Waals surface area contributed by atoms with Crippen molar-refractivity contribution in [2.75, 3.05) is 32.7 Å². The molecule has 1 fully saturated rings. The van der Waals surface area contributed by atoms with E-state index in [0.717, 1.165) is 61.3 Å². The maximum Gasteiger partial charge on any atom is 0.257 e. The molecule has 2 aliphatic heterocycles. The lowest BCUT2D eigenvalue weighted by molar-refractivity contribution is 0.0692. The number of amides is 1. The Labute approximate surface area is 170 Å². The monoisotopic (exact) mass is 397 g/mol. The second-order valence-corrected chi connectivity index (χ2v) is 8.84. The number of rotatable bonds is 3. The molecule has 3 heterocycles. The third kappa shape index (κ3) is 3.68. The predicted octanol–water partition coefficient (Wildman–Crippen LogP) is 2.99. The molecule has 0 aliphatic carbocycles. The molecule has 0 radical (unpaired) electrons. The maximum absolute atomic E-state index is 13.2. The lowest BCUT2D eigenvalue weighted by Gasteiger charge is -2.35. The van der Waals surface area contributed by atoms with Crippen molar-refractivity contribution in [1.29, 1.82) is 0 Å². The summed E-state index contributed by atoms with van der Waals surface area (Å²) in [4.78, 5) is 22.1. The van der Waals surface area contributed by atoms with Gasteiger partial charge in [-0.25, -0.2) is 4.68 Å². The zero-order valence-electron chi connectivity index (χ0n) is 16.8. The number of amidine groups is 1. The van der Waals surface area contributed by atoms with Gasteiger partial charge in [0.15, 0.2) is 5.17 Å². The van der Waals surface area contributed by atoms with Crippen LogP contribution in [0.3, 0.4) is 0 Å². The van der Waals surface area contributed by atoms with Crippen molar-refractivity contribution < 1.29 is 4.79 Å². The van der Waals surface area contributed by atoms with Crippen LogP contribution < -0.4 is 0 Å². The molecule has 1 aromatic carbocycles. The van der Waals surface area contributed by atoms with E-state index in [0.29, 0.717) is 5.25 Å². The highest BCUT2D eigenvalue weighted by Gasteiger charge is 2.29. The number of nitrogens with zero attached hydrogens (tertiary/aromatic N) is 5. The minimum absolute atomic E-state index is 0.0873. The molecule has 0 saturated carbocycles. The number of aliphatic imine (C=N–C) groups is 1.